The van der Waals surface area contributed by atoms with Crippen LogP contribution in [0.3, 0.4) is 0 Å². The zero-order valence-electron chi connectivity index (χ0n) is 9.85. The van der Waals surface area contributed by atoms with Crippen molar-refractivity contribution in [2.75, 3.05) is 19.6 Å². The highest BCUT2D eigenvalue weighted by Crippen LogP contribution is 2.21. The largest absolute Gasteiger partial charge is 0.387 e. The second-order valence-electron chi connectivity index (χ2n) is 4.67. The predicted octanol–water partition coefficient (Wildman–Crippen LogP) is 1.80. The van der Waals surface area contributed by atoms with Gasteiger partial charge in [0.25, 0.3) is 0 Å². The molecule has 2 rings (SSSR count). The van der Waals surface area contributed by atoms with E-state index in [9.17, 15) is 5.11 Å². The van der Waals surface area contributed by atoms with Crippen LogP contribution < -0.4 is 5.73 Å². The lowest BCUT2D eigenvalue weighted by atomic mass is 10.0. The standard InChI is InChI=1S/C13H19ClN2O/c14-11-5-3-4-10(8-11)13(17)12(15)9-16-6-1-2-7-16/h3-5,8,12-13,17H,1-2,6-7,9,15H2/t12-,13-/m1/s1. The van der Waals surface area contributed by atoms with Gasteiger partial charge in [-0.1, -0.05) is 23.7 Å². The smallest absolute Gasteiger partial charge is 0.0953 e. The minimum Gasteiger partial charge on any atom is -0.387 e. The van der Waals surface area contributed by atoms with Crippen molar-refractivity contribution >= 4 is 11.6 Å². The topological polar surface area (TPSA) is 49.5 Å². The number of rotatable bonds is 4. The number of nitrogens with two attached hydrogens (primary N) is 1. The summed E-state index contributed by atoms with van der Waals surface area (Å²) in [5.74, 6) is 0. The van der Waals surface area contributed by atoms with E-state index in [1.807, 2.05) is 12.1 Å². The van der Waals surface area contributed by atoms with Gasteiger partial charge in [0.05, 0.1) is 6.10 Å². The van der Waals surface area contributed by atoms with Gasteiger partial charge in [0.15, 0.2) is 0 Å². The summed E-state index contributed by atoms with van der Waals surface area (Å²) in [5, 5.41) is 10.8. The first kappa shape index (κ1) is 12.8. The molecule has 0 unspecified atom stereocenters. The molecule has 1 aliphatic heterocycles. The molecular weight excluding hydrogens is 236 g/mol. The number of aliphatic hydroxyl groups excluding tert-OH is 1. The highest BCUT2D eigenvalue weighted by molar-refractivity contribution is 6.30. The van der Waals surface area contributed by atoms with E-state index in [1.165, 1.54) is 12.8 Å². The predicted molar refractivity (Wildman–Crippen MR) is 70.1 cm³/mol. The molecule has 3 nitrogen and oxygen atoms in total. The van der Waals surface area contributed by atoms with E-state index in [2.05, 4.69) is 4.90 Å². The van der Waals surface area contributed by atoms with Crippen LogP contribution in [-0.4, -0.2) is 35.7 Å². The molecule has 1 aromatic carbocycles. The van der Waals surface area contributed by atoms with Gasteiger partial charge in [-0.15, -0.1) is 0 Å². The summed E-state index contributed by atoms with van der Waals surface area (Å²) in [6.45, 7) is 2.93. The van der Waals surface area contributed by atoms with Crippen molar-refractivity contribution in [1.82, 2.24) is 4.90 Å². The van der Waals surface area contributed by atoms with E-state index in [-0.39, 0.29) is 6.04 Å². The van der Waals surface area contributed by atoms with Gasteiger partial charge in [0.2, 0.25) is 0 Å². The summed E-state index contributed by atoms with van der Waals surface area (Å²) in [7, 11) is 0. The van der Waals surface area contributed by atoms with Crippen molar-refractivity contribution < 1.29 is 5.11 Å². The lowest BCUT2D eigenvalue weighted by Crippen LogP contribution is -2.40. The highest BCUT2D eigenvalue weighted by atomic mass is 35.5. The molecule has 0 aromatic heterocycles. The van der Waals surface area contributed by atoms with E-state index in [1.54, 1.807) is 12.1 Å². The molecule has 0 saturated carbocycles. The average Bonchev–Trinajstić information content (AvgIpc) is 2.80. The Morgan fingerprint density at radius 2 is 2.06 bits per heavy atom. The Hall–Kier alpha value is -0.610. The van der Waals surface area contributed by atoms with Crippen molar-refractivity contribution in [3.63, 3.8) is 0 Å². The normalized spacial score (nSPS) is 20.4. The first-order chi connectivity index (χ1) is 8.16. The van der Waals surface area contributed by atoms with Crippen LogP contribution in [0.2, 0.25) is 5.02 Å². The Bertz CT molecular complexity index is 366. The van der Waals surface area contributed by atoms with Gasteiger partial charge >= 0.3 is 0 Å². The van der Waals surface area contributed by atoms with Crippen molar-refractivity contribution in [2.24, 2.45) is 5.73 Å². The minimum atomic E-state index is -0.644. The first-order valence-corrected chi connectivity index (χ1v) is 6.46. The zero-order chi connectivity index (χ0) is 12.3. The van der Waals surface area contributed by atoms with Gasteiger partial charge in [-0.2, -0.15) is 0 Å². The third kappa shape index (κ3) is 3.42. The summed E-state index contributed by atoms with van der Waals surface area (Å²) in [4.78, 5) is 2.30. The Labute approximate surface area is 107 Å². The van der Waals surface area contributed by atoms with E-state index < -0.39 is 6.10 Å². The van der Waals surface area contributed by atoms with Gasteiger partial charge in [0.1, 0.15) is 0 Å². The monoisotopic (exact) mass is 254 g/mol. The molecule has 1 heterocycles. The van der Waals surface area contributed by atoms with Crippen molar-refractivity contribution in [3.05, 3.63) is 34.9 Å². The number of hydrogen-bond acceptors (Lipinski definition) is 3. The SMILES string of the molecule is N[C@H](CN1CCCC1)[C@H](O)c1cccc(Cl)c1. The number of nitrogens with zero attached hydrogens (tertiary/aromatic N) is 1. The van der Waals surface area contributed by atoms with Crippen LogP contribution in [0.4, 0.5) is 0 Å². The summed E-state index contributed by atoms with van der Waals surface area (Å²) < 4.78 is 0. The van der Waals surface area contributed by atoms with E-state index >= 15 is 0 Å². The molecule has 1 saturated heterocycles. The Morgan fingerprint density at radius 3 is 2.71 bits per heavy atom. The second-order valence-corrected chi connectivity index (χ2v) is 5.11. The quantitative estimate of drug-likeness (QED) is 0.862. The molecule has 17 heavy (non-hydrogen) atoms. The fraction of sp³-hybridized carbons (Fsp3) is 0.538. The van der Waals surface area contributed by atoms with Gasteiger partial charge < -0.3 is 15.7 Å². The van der Waals surface area contributed by atoms with Crippen LogP contribution in [0.5, 0.6) is 0 Å². The van der Waals surface area contributed by atoms with E-state index in [0.29, 0.717) is 5.02 Å². The number of likely N-dealkylation sites (tertiary alicyclic amines) is 1. The molecule has 1 fully saturated rings. The maximum Gasteiger partial charge on any atom is 0.0953 e. The fourth-order valence-electron chi connectivity index (χ4n) is 2.30. The summed E-state index contributed by atoms with van der Waals surface area (Å²) in [6.07, 6.45) is 1.83. The average molecular weight is 255 g/mol. The Kier molecular flexibility index (Phi) is 4.40. The Balaban J connectivity index is 1.96. The van der Waals surface area contributed by atoms with Gasteiger partial charge in [-0.25, -0.2) is 0 Å². The highest BCUT2D eigenvalue weighted by Gasteiger charge is 2.21. The lowest BCUT2D eigenvalue weighted by molar-refractivity contribution is 0.125. The van der Waals surface area contributed by atoms with Crippen LogP contribution in [0.15, 0.2) is 24.3 Å². The molecule has 0 spiro atoms. The van der Waals surface area contributed by atoms with Gasteiger partial charge in [0, 0.05) is 17.6 Å². The van der Waals surface area contributed by atoms with E-state index in [4.69, 9.17) is 17.3 Å². The maximum absolute atomic E-state index is 10.2. The van der Waals surface area contributed by atoms with Crippen molar-refractivity contribution in [2.45, 2.75) is 25.0 Å². The second kappa shape index (κ2) is 5.83. The number of hydrogen-bond donors (Lipinski definition) is 2. The molecular formula is C13H19ClN2O. The molecule has 0 aliphatic carbocycles. The maximum atomic E-state index is 10.2. The van der Waals surface area contributed by atoms with Crippen LogP contribution in [-0.2, 0) is 0 Å². The molecule has 3 N–H and O–H groups in total. The molecule has 4 heteroatoms. The molecule has 94 valence electrons. The lowest BCUT2D eigenvalue weighted by Gasteiger charge is -2.24. The van der Waals surface area contributed by atoms with E-state index in [0.717, 1.165) is 25.2 Å². The van der Waals surface area contributed by atoms with Gasteiger partial charge in [-0.3, -0.25) is 0 Å². The molecule has 2 atom stereocenters. The Morgan fingerprint density at radius 1 is 1.35 bits per heavy atom. The fourth-order valence-corrected chi connectivity index (χ4v) is 2.50. The molecule has 0 amide bonds. The van der Waals surface area contributed by atoms with Crippen LogP contribution in [0.25, 0.3) is 0 Å². The third-order valence-corrected chi connectivity index (χ3v) is 3.50. The number of benzene rings is 1. The van der Waals surface area contributed by atoms with Crippen molar-refractivity contribution in [1.29, 1.82) is 0 Å². The van der Waals surface area contributed by atoms with Crippen molar-refractivity contribution in [3.8, 4) is 0 Å². The van der Waals surface area contributed by atoms with Crippen LogP contribution in [0, 0.1) is 0 Å². The molecule has 0 radical (unpaired) electrons. The third-order valence-electron chi connectivity index (χ3n) is 3.26. The summed E-state index contributed by atoms with van der Waals surface area (Å²) in [5.41, 5.74) is 6.84. The summed E-state index contributed by atoms with van der Waals surface area (Å²) >= 11 is 5.90. The molecule has 1 aromatic rings. The molecule has 0 bridgehead atoms. The first-order valence-electron chi connectivity index (χ1n) is 6.08. The van der Waals surface area contributed by atoms with Crippen LogP contribution in [0.1, 0.15) is 24.5 Å². The minimum absolute atomic E-state index is 0.258. The number of aliphatic hydroxyl groups is 1. The number of halogens is 1. The van der Waals surface area contributed by atoms with Gasteiger partial charge in [-0.05, 0) is 43.6 Å². The molecule has 1 aliphatic rings. The van der Waals surface area contributed by atoms with Crippen LogP contribution >= 0.6 is 11.6 Å². The summed E-state index contributed by atoms with van der Waals surface area (Å²) in [6, 6.07) is 7.01. The zero-order valence-corrected chi connectivity index (χ0v) is 10.6.